The summed E-state index contributed by atoms with van der Waals surface area (Å²) < 4.78 is 0. The fourth-order valence-corrected chi connectivity index (χ4v) is 2.25. The van der Waals surface area contributed by atoms with E-state index in [4.69, 9.17) is 0 Å². The number of benzene rings is 1. The van der Waals surface area contributed by atoms with E-state index in [2.05, 4.69) is 36.4 Å². The predicted octanol–water partition coefficient (Wildman–Crippen LogP) is 3.37. The molecule has 0 aromatic heterocycles. The van der Waals surface area contributed by atoms with Crippen LogP contribution in [0.2, 0.25) is 0 Å². The van der Waals surface area contributed by atoms with E-state index in [1.807, 2.05) is 30.3 Å². The van der Waals surface area contributed by atoms with Crippen molar-refractivity contribution in [3.8, 4) is 0 Å². The molecule has 0 aliphatic heterocycles. The molecule has 5 heteroatoms. The van der Waals surface area contributed by atoms with E-state index in [0.29, 0.717) is 6.54 Å². The molecule has 1 aromatic rings. The highest BCUT2D eigenvalue weighted by Gasteiger charge is 2.09. The molecule has 0 saturated heterocycles. The van der Waals surface area contributed by atoms with Gasteiger partial charge in [0.2, 0.25) is 0 Å². The minimum absolute atomic E-state index is 0. The maximum Gasteiger partial charge on any atom is 0.191 e. The number of hydrogen-bond donors (Lipinski definition) is 3. The van der Waals surface area contributed by atoms with Crippen LogP contribution in [0.15, 0.2) is 35.3 Å². The zero-order valence-corrected chi connectivity index (χ0v) is 16.9. The Kier molecular flexibility index (Phi) is 13.1. The van der Waals surface area contributed by atoms with Crippen LogP contribution in [0, 0.1) is 5.92 Å². The first-order valence-electron chi connectivity index (χ1n) is 8.35. The first-order chi connectivity index (χ1) is 10.7. The second-order valence-electron chi connectivity index (χ2n) is 5.97. The SMILES string of the molecule is CCNC(=NCC(CO)c1ccccc1)NCCCC(C)C.I. The molecule has 0 spiro atoms. The van der Waals surface area contributed by atoms with Gasteiger partial charge < -0.3 is 15.7 Å². The first-order valence-corrected chi connectivity index (χ1v) is 8.35. The molecule has 0 saturated carbocycles. The number of rotatable bonds is 9. The minimum Gasteiger partial charge on any atom is -0.396 e. The summed E-state index contributed by atoms with van der Waals surface area (Å²) >= 11 is 0. The van der Waals surface area contributed by atoms with Crippen LogP contribution in [0.4, 0.5) is 0 Å². The van der Waals surface area contributed by atoms with Gasteiger partial charge >= 0.3 is 0 Å². The van der Waals surface area contributed by atoms with E-state index in [1.54, 1.807) is 0 Å². The van der Waals surface area contributed by atoms with Crippen molar-refractivity contribution in [3.05, 3.63) is 35.9 Å². The number of aliphatic hydroxyl groups excluding tert-OH is 1. The first kappa shape index (κ1) is 22.2. The van der Waals surface area contributed by atoms with Gasteiger partial charge in [0.15, 0.2) is 5.96 Å². The fourth-order valence-electron chi connectivity index (χ4n) is 2.25. The van der Waals surface area contributed by atoms with Gasteiger partial charge in [0, 0.05) is 19.0 Å². The van der Waals surface area contributed by atoms with Crippen LogP contribution in [0.1, 0.15) is 45.1 Å². The molecule has 0 amide bonds. The summed E-state index contributed by atoms with van der Waals surface area (Å²) in [5.41, 5.74) is 1.13. The molecule has 0 heterocycles. The molecule has 1 rings (SSSR count). The zero-order valence-electron chi connectivity index (χ0n) is 14.6. The van der Waals surface area contributed by atoms with Gasteiger partial charge in [0.05, 0.1) is 13.2 Å². The highest BCUT2D eigenvalue weighted by Crippen LogP contribution is 2.14. The van der Waals surface area contributed by atoms with Crippen molar-refractivity contribution in [1.82, 2.24) is 10.6 Å². The summed E-state index contributed by atoms with van der Waals surface area (Å²) in [5, 5.41) is 16.2. The number of nitrogens with one attached hydrogen (secondary N) is 2. The van der Waals surface area contributed by atoms with E-state index < -0.39 is 0 Å². The molecule has 1 atom stereocenters. The Morgan fingerprint density at radius 2 is 1.87 bits per heavy atom. The van der Waals surface area contributed by atoms with Gasteiger partial charge in [0.25, 0.3) is 0 Å². The molecule has 0 bridgehead atoms. The maximum absolute atomic E-state index is 9.59. The Morgan fingerprint density at radius 1 is 1.17 bits per heavy atom. The molecule has 0 fully saturated rings. The van der Waals surface area contributed by atoms with Gasteiger partial charge in [-0.1, -0.05) is 44.2 Å². The van der Waals surface area contributed by atoms with Crippen LogP contribution in [0.5, 0.6) is 0 Å². The molecular weight excluding hydrogens is 401 g/mol. The normalized spacial score (nSPS) is 12.7. The average molecular weight is 433 g/mol. The third-order valence-electron chi connectivity index (χ3n) is 3.56. The smallest absolute Gasteiger partial charge is 0.191 e. The summed E-state index contributed by atoms with van der Waals surface area (Å²) in [6.07, 6.45) is 2.36. The highest BCUT2D eigenvalue weighted by molar-refractivity contribution is 14.0. The molecule has 0 aliphatic carbocycles. The Morgan fingerprint density at radius 3 is 2.43 bits per heavy atom. The quantitative estimate of drug-likeness (QED) is 0.242. The Labute approximate surface area is 158 Å². The lowest BCUT2D eigenvalue weighted by atomic mass is 10.0. The molecule has 1 unspecified atom stereocenters. The summed E-state index contributed by atoms with van der Waals surface area (Å²) in [4.78, 5) is 4.61. The van der Waals surface area contributed by atoms with Crippen molar-refractivity contribution in [1.29, 1.82) is 0 Å². The van der Waals surface area contributed by atoms with Gasteiger partial charge in [-0.2, -0.15) is 0 Å². The number of hydrogen-bond acceptors (Lipinski definition) is 2. The monoisotopic (exact) mass is 433 g/mol. The number of guanidine groups is 1. The highest BCUT2D eigenvalue weighted by atomic mass is 127. The Balaban J connectivity index is 0.00000484. The number of aliphatic hydroxyl groups is 1. The van der Waals surface area contributed by atoms with E-state index in [9.17, 15) is 5.11 Å². The van der Waals surface area contributed by atoms with Crippen molar-refractivity contribution in [2.24, 2.45) is 10.9 Å². The van der Waals surface area contributed by atoms with E-state index in [-0.39, 0.29) is 36.5 Å². The van der Waals surface area contributed by atoms with E-state index in [0.717, 1.165) is 37.0 Å². The molecule has 132 valence electrons. The predicted molar refractivity (Wildman–Crippen MR) is 110 cm³/mol. The molecule has 1 aromatic carbocycles. The maximum atomic E-state index is 9.59. The fraction of sp³-hybridized carbons (Fsp3) is 0.611. The van der Waals surface area contributed by atoms with Crippen LogP contribution in [0.3, 0.4) is 0 Å². The van der Waals surface area contributed by atoms with Crippen molar-refractivity contribution >= 4 is 29.9 Å². The molecular formula is C18H32IN3O. The molecule has 23 heavy (non-hydrogen) atoms. The molecule has 4 nitrogen and oxygen atoms in total. The van der Waals surface area contributed by atoms with Crippen LogP contribution in [0.25, 0.3) is 0 Å². The van der Waals surface area contributed by atoms with Gasteiger partial charge in [0.1, 0.15) is 0 Å². The lowest BCUT2D eigenvalue weighted by molar-refractivity contribution is 0.268. The van der Waals surface area contributed by atoms with Crippen LogP contribution >= 0.6 is 24.0 Å². The van der Waals surface area contributed by atoms with Crippen molar-refractivity contribution in [3.63, 3.8) is 0 Å². The number of nitrogens with zero attached hydrogens (tertiary/aromatic N) is 1. The van der Waals surface area contributed by atoms with Crippen LogP contribution in [-0.2, 0) is 0 Å². The molecule has 0 radical (unpaired) electrons. The lowest BCUT2D eigenvalue weighted by Gasteiger charge is -2.15. The van der Waals surface area contributed by atoms with E-state index in [1.165, 1.54) is 6.42 Å². The third-order valence-corrected chi connectivity index (χ3v) is 3.56. The summed E-state index contributed by atoms with van der Waals surface area (Å²) in [6.45, 7) is 9.01. The topological polar surface area (TPSA) is 56.7 Å². The largest absolute Gasteiger partial charge is 0.396 e. The van der Waals surface area contributed by atoms with Crippen molar-refractivity contribution in [2.45, 2.75) is 39.5 Å². The second-order valence-corrected chi connectivity index (χ2v) is 5.97. The van der Waals surface area contributed by atoms with Crippen molar-refractivity contribution in [2.75, 3.05) is 26.2 Å². The Hall–Kier alpha value is -0.820. The standard InChI is InChI=1S/C18H31N3O.HI/c1-4-19-18(20-12-8-9-15(2)3)21-13-17(14-22)16-10-6-5-7-11-16;/h5-7,10-11,15,17,22H,4,8-9,12-14H2,1-3H3,(H2,19,20,21);1H. The summed E-state index contributed by atoms with van der Waals surface area (Å²) in [7, 11) is 0. The van der Waals surface area contributed by atoms with Crippen LogP contribution in [-0.4, -0.2) is 37.3 Å². The van der Waals surface area contributed by atoms with Gasteiger partial charge in [-0.15, -0.1) is 24.0 Å². The minimum atomic E-state index is 0. The van der Waals surface area contributed by atoms with Gasteiger partial charge in [-0.25, -0.2) is 0 Å². The molecule has 0 aliphatic rings. The van der Waals surface area contributed by atoms with Crippen LogP contribution < -0.4 is 10.6 Å². The summed E-state index contributed by atoms with van der Waals surface area (Å²) in [5.74, 6) is 1.62. The van der Waals surface area contributed by atoms with Gasteiger partial charge in [-0.05, 0) is 31.2 Å². The van der Waals surface area contributed by atoms with E-state index >= 15 is 0 Å². The second kappa shape index (κ2) is 13.6. The lowest BCUT2D eigenvalue weighted by Crippen LogP contribution is -2.38. The Bertz CT molecular complexity index is 424. The average Bonchev–Trinajstić information content (AvgIpc) is 2.52. The van der Waals surface area contributed by atoms with Crippen molar-refractivity contribution < 1.29 is 5.11 Å². The summed E-state index contributed by atoms with van der Waals surface area (Å²) in [6, 6.07) is 10.1. The number of aliphatic imine (C=N–C) groups is 1. The van der Waals surface area contributed by atoms with Gasteiger partial charge in [-0.3, -0.25) is 4.99 Å². The third kappa shape index (κ3) is 9.81. The molecule has 3 N–H and O–H groups in total. The zero-order chi connectivity index (χ0) is 16.2. The number of halogens is 1.